The van der Waals surface area contributed by atoms with Crippen LogP contribution < -0.4 is 14.2 Å². The summed E-state index contributed by atoms with van der Waals surface area (Å²) in [5.74, 6) is 1.19. The molecule has 1 saturated heterocycles. The van der Waals surface area contributed by atoms with Crippen molar-refractivity contribution in [2.45, 2.75) is 19.5 Å². The maximum absolute atomic E-state index is 13.4. The highest BCUT2D eigenvalue weighted by atomic mass is 19.1. The summed E-state index contributed by atoms with van der Waals surface area (Å²) in [6.07, 6.45) is 3.56. The van der Waals surface area contributed by atoms with Gasteiger partial charge >= 0.3 is 0 Å². The number of hydrogen-bond donors (Lipinski definition) is 0. The molecule has 38 heavy (non-hydrogen) atoms. The Balaban J connectivity index is 1.51. The Morgan fingerprint density at radius 1 is 0.947 bits per heavy atom. The van der Waals surface area contributed by atoms with Crippen LogP contribution in [-0.2, 0) is 29.0 Å². The molecule has 3 aromatic rings. The SMILES string of the molecule is COc1cc(CN(Cc2ccncc2)C(=O)Cc2ccc(F)cc2)cc(OC)c1OCCN1CCOCC1. The molecule has 202 valence electrons. The molecule has 0 atom stereocenters. The van der Waals surface area contributed by atoms with Crippen LogP contribution in [0.3, 0.4) is 0 Å². The highest BCUT2D eigenvalue weighted by molar-refractivity contribution is 5.79. The van der Waals surface area contributed by atoms with E-state index in [4.69, 9.17) is 18.9 Å². The van der Waals surface area contributed by atoms with E-state index in [0.29, 0.717) is 36.9 Å². The summed E-state index contributed by atoms with van der Waals surface area (Å²) >= 11 is 0. The number of halogens is 1. The maximum Gasteiger partial charge on any atom is 0.227 e. The van der Waals surface area contributed by atoms with E-state index in [1.807, 2.05) is 24.3 Å². The van der Waals surface area contributed by atoms with Crippen molar-refractivity contribution in [2.24, 2.45) is 0 Å². The number of hydrogen-bond acceptors (Lipinski definition) is 7. The summed E-state index contributed by atoms with van der Waals surface area (Å²) in [7, 11) is 3.17. The van der Waals surface area contributed by atoms with E-state index in [-0.39, 0.29) is 18.1 Å². The first-order valence-corrected chi connectivity index (χ1v) is 12.6. The number of nitrogens with zero attached hydrogens (tertiary/aromatic N) is 3. The van der Waals surface area contributed by atoms with E-state index < -0.39 is 0 Å². The van der Waals surface area contributed by atoms with Crippen LogP contribution in [0.5, 0.6) is 17.2 Å². The molecule has 2 heterocycles. The molecule has 0 unspecified atom stereocenters. The fourth-order valence-corrected chi connectivity index (χ4v) is 4.32. The third-order valence-electron chi connectivity index (χ3n) is 6.40. The van der Waals surface area contributed by atoms with Crippen LogP contribution in [0.4, 0.5) is 4.39 Å². The molecule has 1 aliphatic heterocycles. The van der Waals surface area contributed by atoms with Gasteiger partial charge in [-0.2, -0.15) is 0 Å². The number of amides is 1. The average Bonchev–Trinajstić information content (AvgIpc) is 2.95. The number of aromatic nitrogens is 1. The van der Waals surface area contributed by atoms with Gasteiger partial charge in [-0.15, -0.1) is 0 Å². The van der Waals surface area contributed by atoms with Crippen LogP contribution in [0.1, 0.15) is 16.7 Å². The average molecular weight is 524 g/mol. The molecule has 1 aliphatic rings. The molecule has 0 radical (unpaired) electrons. The number of morpholine rings is 1. The molecule has 2 aromatic carbocycles. The highest BCUT2D eigenvalue weighted by Gasteiger charge is 2.20. The normalized spacial score (nSPS) is 13.7. The Kier molecular flexibility index (Phi) is 9.89. The van der Waals surface area contributed by atoms with Crippen LogP contribution in [0.15, 0.2) is 60.9 Å². The first kappa shape index (κ1) is 27.3. The third-order valence-corrected chi connectivity index (χ3v) is 6.40. The van der Waals surface area contributed by atoms with Gasteiger partial charge < -0.3 is 23.8 Å². The van der Waals surface area contributed by atoms with Gasteiger partial charge in [0.1, 0.15) is 12.4 Å². The van der Waals surface area contributed by atoms with E-state index in [0.717, 1.165) is 49.5 Å². The molecule has 0 N–H and O–H groups in total. The van der Waals surface area contributed by atoms with Crippen molar-refractivity contribution in [3.8, 4) is 17.2 Å². The topological polar surface area (TPSA) is 73.4 Å². The van der Waals surface area contributed by atoms with Crippen molar-refractivity contribution >= 4 is 5.91 Å². The Labute approximate surface area is 222 Å². The number of carbonyl (C=O) groups is 1. The summed E-state index contributed by atoms with van der Waals surface area (Å²) in [5.41, 5.74) is 2.53. The first-order valence-electron chi connectivity index (χ1n) is 12.6. The van der Waals surface area contributed by atoms with Gasteiger partial charge in [0.2, 0.25) is 11.7 Å². The van der Waals surface area contributed by atoms with Crippen molar-refractivity contribution in [1.82, 2.24) is 14.8 Å². The van der Waals surface area contributed by atoms with Gasteiger partial charge in [0, 0.05) is 45.1 Å². The summed E-state index contributed by atoms with van der Waals surface area (Å²) in [5, 5.41) is 0. The number of benzene rings is 2. The van der Waals surface area contributed by atoms with E-state index >= 15 is 0 Å². The Hall–Kier alpha value is -3.69. The second kappa shape index (κ2) is 13.7. The number of ether oxygens (including phenoxy) is 4. The minimum atomic E-state index is -0.332. The predicted molar refractivity (Wildman–Crippen MR) is 141 cm³/mol. The molecular formula is C29H34FN3O5. The summed E-state index contributed by atoms with van der Waals surface area (Å²) < 4.78 is 36.2. The minimum absolute atomic E-state index is 0.0859. The Bertz CT molecular complexity index is 1150. The quantitative estimate of drug-likeness (QED) is 0.358. The molecular weight excluding hydrogens is 489 g/mol. The van der Waals surface area contributed by atoms with Gasteiger partial charge in [0.05, 0.1) is 33.9 Å². The zero-order valence-corrected chi connectivity index (χ0v) is 21.9. The van der Waals surface area contributed by atoms with Crippen molar-refractivity contribution in [3.05, 3.63) is 83.4 Å². The summed E-state index contributed by atoms with van der Waals surface area (Å²) in [6.45, 7) is 5.21. The monoisotopic (exact) mass is 523 g/mol. The molecule has 0 bridgehead atoms. The number of methoxy groups -OCH3 is 2. The second-order valence-electron chi connectivity index (χ2n) is 9.04. The fraction of sp³-hybridized carbons (Fsp3) is 0.379. The smallest absolute Gasteiger partial charge is 0.227 e. The van der Waals surface area contributed by atoms with Crippen molar-refractivity contribution in [3.63, 3.8) is 0 Å². The van der Waals surface area contributed by atoms with Gasteiger partial charge in [-0.25, -0.2) is 4.39 Å². The number of carbonyl (C=O) groups excluding carboxylic acids is 1. The Morgan fingerprint density at radius 2 is 1.58 bits per heavy atom. The highest BCUT2D eigenvalue weighted by Crippen LogP contribution is 2.39. The van der Waals surface area contributed by atoms with E-state index in [1.54, 1.807) is 43.6 Å². The molecule has 1 fully saturated rings. The number of pyridine rings is 1. The van der Waals surface area contributed by atoms with Crippen LogP contribution in [0, 0.1) is 5.82 Å². The molecule has 0 aliphatic carbocycles. The predicted octanol–water partition coefficient (Wildman–Crippen LogP) is 3.72. The third kappa shape index (κ3) is 7.66. The van der Waals surface area contributed by atoms with Crippen LogP contribution >= 0.6 is 0 Å². The summed E-state index contributed by atoms with van der Waals surface area (Å²) in [6, 6.07) is 13.5. The van der Waals surface area contributed by atoms with Gasteiger partial charge in [0.25, 0.3) is 0 Å². The van der Waals surface area contributed by atoms with Crippen molar-refractivity contribution < 1.29 is 28.1 Å². The first-order chi connectivity index (χ1) is 18.6. The lowest BCUT2D eigenvalue weighted by molar-refractivity contribution is -0.131. The fourth-order valence-electron chi connectivity index (χ4n) is 4.32. The second-order valence-corrected chi connectivity index (χ2v) is 9.04. The molecule has 1 amide bonds. The summed E-state index contributed by atoms with van der Waals surface area (Å²) in [4.78, 5) is 21.5. The molecule has 0 saturated carbocycles. The molecule has 8 nitrogen and oxygen atoms in total. The van der Waals surface area contributed by atoms with Crippen LogP contribution in [0.25, 0.3) is 0 Å². The van der Waals surface area contributed by atoms with E-state index in [2.05, 4.69) is 9.88 Å². The molecule has 9 heteroatoms. The maximum atomic E-state index is 13.4. The van der Waals surface area contributed by atoms with E-state index in [9.17, 15) is 9.18 Å². The van der Waals surface area contributed by atoms with Gasteiger partial charge in [0.15, 0.2) is 11.5 Å². The van der Waals surface area contributed by atoms with Gasteiger partial charge in [-0.3, -0.25) is 14.7 Å². The standard InChI is InChI=1S/C29H34FN3O5/c1-35-26-17-24(18-27(36-2)29(26)38-16-13-32-11-14-37-15-12-32)21-33(20-23-7-9-31-10-8-23)28(34)19-22-3-5-25(30)6-4-22/h3-10,17-18H,11-16,19-21H2,1-2H3. The van der Waals surface area contributed by atoms with Crippen LogP contribution in [0.2, 0.25) is 0 Å². The molecule has 1 aromatic heterocycles. The lowest BCUT2D eigenvalue weighted by Gasteiger charge is -2.27. The zero-order valence-electron chi connectivity index (χ0n) is 21.9. The van der Waals surface area contributed by atoms with Crippen molar-refractivity contribution in [1.29, 1.82) is 0 Å². The minimum Gasteiger partial charge on any atom is -0.493 e. The molecule has 0 spiro atoms. The van der Waals surface area contributed by atoms with Gasteiger partial charge in [-0.1, -0.05) is 12.1 Å². The van der Waals surface area contributed by atoms with Crippen LogP contribution in [-0.4, -0.2) is 74.4 Å². The zero-order chi connectivity index (χ0) is 26.7. The van der Waals surface area contributed by atoms with E-state index in [1.165, 1.54) is 12.1 Å². The number of rotatable bonds is 12. The largest absolute Gasteiger partial charge is 0.493 e. The Morgan fingerprint density at radius 3 is 2.21 bits per heavy atom. The molecule has 4 rings (SSSR count). The van der Waals surface area contributed by atoms with Crippen molar-refractivity contribution in [2.75, 3.05) is 53.7 Å². The lowest BCUT2D eigenvalue weighted by Crippen LogP contribution is -2.38. The van der Waals surface area contributed by atoms with Gasteiger partial charge in [-0.05, 0) is 53.1 Å². The lowest BCUT2D eigenvalue weighted by atomic mass is 10.1.